The number of carbonyl (C=O) groups excluding carboxylic acids is 1. The van der Waals surface area contributed by atoms with Gasteiger partial charge in [-0.25, -0.2) is 9.78 Å². The quantitative estimate of drug-likeness (QED) is 0.705. The van der Waals surface area contributed by atoms with Crippen LogP contribution in [0.1, 0.15) is 17.3 Å². The second kappa shape index (κ2) is 5.99. The van der Waals surface area contributed by atoms with Crippen molar-refractivity contribution in [2.45, 2.75) is 6.92 Å². The maximum atomic E-state index is 12.1. The number of aromatic amines is 1. The van der Waals surface area contributed by atoms with Gasteiger partial charge in [-0.1, -0.05) is 41.4 Å². The van der Waals surface area contributed by atoms with Gasteiger partial charge in [-0.05, 0) is 25.1 Å². The fourth-order valence-corrected chi connectivity index (χ4v) is 2.78. The molecule has 1 aromatic heterocycles. The molecule has 0 aliphatic carbocycles. The van der Waals surface area contributed by atoms with Gasteiger partial charge in [0.15, 0.2) is 0 Å². The minimum absolute atomic E-state index is 0.314. The van der Waals surface area contributed by atoms with E-state index in [0.29, 0.717) is 44.6 Å². The monoisotopic (exact) mass is 334 g/mol. The molecule has 4 nitrogen and oxygen atoms in total. The van der Waals surface area contributed by atoms with Crippen LogP contribution in [0.15, 0.2) is 36.4 Å². The molecule has 0 fully saturated rings. The second-order valence-electron chi connectivity index (χ2n) is 4.64. The number of carbonyl (C=O) groups is 1. The van der Waals surface area contributed by atoms with Gasteiger partial charge in [0.1, 0.15) is 11.3 Å². The first-order valence-electron chi connectivity index (χ1n) is 6.71. The van der Waals surface area contributed by atoms with Gasteiger partial charge in [0, 0.05) is 10.6 Å². The van der Waals surface area contributed by atoms with Crippen molar-refractivity contribution in [1.82, 2.24) is 9.97 Å². The Balaban J connectivity index is 2.16. The number of rotatable bonds is 3. The number of esters is 1. The summed E-state index contributed by atoms with van der Waals surface area (Å²) in [6.07, 6.45) is 0. The molecule has 0 saturated heterocycles. The average molecular weight is 335 g/mol. The molecule has 0 aliphatic rings. The third-order valence-electron chi connectivity index (χ3n) is 3.18. The van der Waals surface area contributed by atoms with E-state index >= 15 is 0 Å². The zero-order valence-electron chi connectivity index (χ0n) is 11.7. The van der Waals surface area contributed by atoms with Gasteiger partial charge >= 0.3 is 5.97 Å². The highest BCUT2D eigenvalue weighted by atomic mass is 35.5. The molecule has 2 aromatic carbocycles. The van der Waals surface area contributed by atoms with Crippen LogP contribution in [0.2, 0.25) is 10.0 Å². The largest absolute Gasteiger partial charge is 0.462 e. The Bertz CT molecular complexity index is 858. The Morgan fingerprint density at radius 2 is 2.05 bits per heavy atom. The van der Waals surface area contributed by atoms with E-state index < -0.39 is 0 Å². The summed E-state index contributed by atoms with van der Waals surface area (Å²) >= 11 is 12.2. The molecule has 6 heteroatoms. The highest BCUT2D eigenvalue weighted by Gasteiger charge is 2.17. The summed E-state index contributed by atoms with van der Waals surface area (Å²) in [5.74, 6) is 0.158. The lowest BCUT2D eigenvalue weighted by Gasteiger charge is -2.06. The maximum absolute atomic E-state index is 12.1. The number of nitrogens with zero attached hydrogens (tertiary/aromatic N) is 1. The molecule has 1 heterocycles. The van der Waals surface area contributed by atoms with Gasteiger partial charge in [-0.3, -0.25) is 0 Å². The minimum Gasteiger partial charge on any atom is -0.462 e. The van der Waals surface area contributed by atoms with Crippen LogP contribution in [0.4, 0.5) is 0 Å². The van der Waals surface area contributed by atoms with Crippen molar-refractivity contribution in [3.05, 3.63) is 52.0 Å². The molecule has 0 atom stereocenters. The molecule has 0 unspecified atom stereocenters. The van der Waals surface area contributed by atoms with Crippen molar-refractivity contribution in [2.24, 2.45) is 0 Å². The Hall–Kier alpha value is -2.04. The summed E-state index contributed by atoms with van der Waals surface area (Å²) in [5.41, 5.74) is 2.43. The fraction of sp³-hybridized carbons (Fsp3) is 0.125. The van der Waals surface area contributed by atoms with Crippen LogP contribution in [0, 0.1) is 0 Å². The van der Waals surface area contributed by atoms with Gasteiger partial charge in [0.25, 0.3) is 0 Å². The van der Waals surface area contributed by atoms with Crippen LogP contribution in [0.5, 0.6) is 0 Å². The number of hydrogen-bond acceptors (Lipinski definition) is 3. The van der Waals surface area contributed by atoms with Crippen molar-refractivity contribution in [2.75, 3.05) is 6.61 Å². The Labute approximate surface area is 137 Å². The summed E-state index contributed by atoms with van der Waals surface area (Å²) in [5, 5.41) is 0.977. The minimum atomic E-state index is -0.386. The number of imidazole rings is 1. The third-order valence-corrected chi connectivity index (χ3v) is 3.69. The smallest absolute Gasteiger partial charge is 0.338 e. The Morgan fingerprint density at radius 3 is 2.82 bits per heavy atom. The van der Waals surface area contributed by atoms with E-state index in [4.69, 9.17) is 27.9 Å². The fourth-order valence-electron chi connectivity index (χ4n) is 2.25. The highest BCUT2D eigenvalue weighted by molar-refractivity contribution is 6.38. The molecule has 112 valence electrons. The zero-order valence-corrected chi connectivity index (χ0v) is 13.2. The van der Waals surface area contributed by atoms with Crippen LogP contribution in [0.25, 0.3) is 22.4 Å². The van der Waals surface area contributed by atoms with E-state index in [-0.39, 0.29) is 5.97 Å². The first-order chi connectivity index (χ1) is 10.6. The van der Waals surface area contributed by atoms with E-state index in [9.17, 15) is 4.79 Å². The number of halogens is 2. The lowest BCUT2D eigenvalue weighted by atomic mass is 10.1. The second-order valence-corrected chi connectivity index (χ2v) is 5.48. The molecule has 0 spiro atoms. The van der Waals surface area contributed by atoms with Gasteiger partial charge in [0.2, 0.25) is 0 Å². The van der Waals surface area contributed by atoms with Crippen LogP contribution >= 0.6 is 23.2 Å². The normalized spacial score (nSPS) is 10.9. The van der Waals surface area contributed by atoms with Gasteiger partial charge in [-0.2, -0.15) is 0 Å². The predicted molar refractivity (Wildman–Crippen MR) is 87.5 cm³/mol. The van der Waals surface area contributed by atoms with Gasteiger partial charge < -0.3 is 9.72 Å². The SMILES string of the molecule is CCOC(=O)c1ccccc1-c1nc2c(Cl)cc(Cl)cc2[nH]1. The summed E-state index contributed by atoms with van der Waals surface area (Å²) in [6, 6.07) is 10.5. The van der Waals surface area contributed by atoms with Crippen LogP contribution < -0.4 is 0 Å². The number of hydrogen-bond donors (Lipinski definition) is 1. The summed E-state index contributed by atoms with van der Waals surface area (Å²) in [7, 11) is 0. The number of ether oxygens (including phenoxy) is 1. The van der Waals surface area contributed by atoms with E-state index in [1.807, 2.05) is 6.07 Å². The molecular weight excluding hydrogens is 323 g/mol. The number of benzene rings is 2. The van der Waals surface area contributed by atoms with Crippen molar-refractivity contribution in [3.63, 3.8) is 0 Å². The predicted octanol–water partition coefficient (Wildman–Crippen LogP) is 4.71. The molecule has 22 heavy (non-hydrogen) atoms. The first-order valence-corrected chi connectivity index (χ1v) is 7.47. The summed E-state index contributed by atoms with van der Waals surface area (Å²) < 4.78 is 5.08. The molecule has 0 aliphatic heterocycles. The van der Waals surface area contributed by atoms with E-state index in [1.54, 1.807) is 37.3 Å². The molecule has 0 bridgehead atoms. The van der Waals surface area contributed by atoms with Gasteiger partial charge in [-0.15, -0.1) is 0 Å². The highest BCUT2D eigenvalue weighted by Crippen LogP contribution is 2.30. The molecular formula is C16H12Cl2N2O2. The number of aromatic nitrogens is 2. The zero-order chi connectivity index (χ0) is 15.7. The number of nitrogens with one attached hydrogen (secondary N) is 1. The lowest BCUT2D eigenvalue weighted by molar-refractivity contribution is 0.0527. The van der Waals surface area contributed by atoms with Crippen molar-refractivity contribution < 1.29 is 9.53 Å². The molecule has 0 saturated carbocycles. The summed E-state index contributed by atoms with van der Waals surface area (Å²) in [6.45, 7) is 2.08. The molecule has 3 aromatic rings. The van der Waals surface area contributed by atoms with Crippen LogP contribution in [0.3, 0.4) is 0 Å². The van der Waals surface area contributed by atoms with E-state index in [2.05, 4.69) is 9.97 Å². The first kappa shape index (κ1) is 14.9. The standard InChI is InChI=1S/C16H12Cl2N2O2/c1-2-22-16(21)11-6-4-3-5-10(11)15-19-13-8-9(17)7-12(18)14(13)20-15/h3-8H,2H2,1H3,(H,19,20). The summed E-state index contributed by atoms with van der Waals surface area (Å²) in [4.78, 5) is 19.7. The molecule has 3 rings (SSSR count). The average Bonchev–Trinajstić information content (AvgIpc) is 2.91. The van der Waals surface area contributed by atoms with Gasteiger partial charge in [0.05, 0.1) is 22.7 Å². The van der Waals surface area contributed by atoms with E-state index in [0.717, 1.165) is 0 Å². The molecule has 0 radical (unpaired) electrons. The van der Waals surface area contributed by atoms with Crippen LogP contribution in [-0.2, 0) is 4.74 Å². The van der Waals surface area contributed by atoms with Crippen molar-refractivity contribution >= 4 is 40.2 Å². The number of H-pyrrole nitrogens is 1. The molecule has 1 N–H and O–H groups in total. The lowest BCUT2D eigenvalue weighted by Crippen LogP contribution is -2.06. The Kier molecular flexibility index (Phi) is 4.05. The van der Waals surface area contributed by atoms with Crippen molar-refractivity contribution in [1.29, 1.82) is 0 Å². The molecule has 0 amide bonds. The Morgan fingerprint density at radius 1 is 1.27 bits per heavy atom. The van der Waals surface area contributed by atoms with Crippen LogP contribution in [-0.4, -0.2) is 22.5 Å². The van der Waals surface area contributed by atoms with E-state index in [1.165, 1.54) is 0 Å². The maximum Gasteiger partial charge on any atom is 0.338 e. The third kappa shape index (κ3) is 2.67. The topological polar surface area (TPSA) is 55.0 Å². The van der Waals surface area contributed by atoms with Crippen molar-refractivity contribution in [3.8, 4) is 11.4 Å². The number of fused-ring (bicyclic) bond motifs is 1.